The van der Waals surface area contributed by atoms with E-state index in [-0.39, 0.29) is 22.4 Å². The van der Waals surface area contributed by atoms with Gasteiger partial charge in [0.1, 0.15) is 5.78 Å². The van der Waals surface area contributed by atoms with Crippen LogP contribution in [0, 0.1) is 5.92 Å². The van der Waals surface area contributed by atoms with E-state index in [1.807, 2.05) is 0 Å². The van der Waals surface area contributed by atoms with Gasteiger partial charge >= 0.3 is 6.18 Å². The lowest BCUT2D eigenvalue weighted by molar-refractivity contribution is -0.137. The molecule has 1 amide bonds. The highest BCUT2D eigenvalue weighted by Crippen LogP contribution is 2.34. The highest BCUT2D eigenvalue weighted by Gasteiger charge is 2.31. The van der Waals surface area contributed by atoms with Crippen LogP contribution in [-0.4, -0.2) is 11.7 Å². The Kier molecular flexibility index (Phi) is 4.56. The number of alkyl halides is 3. The highest BCUT2D eigenvalue weighted by molar-refractivity contribution is 6.33. The van der Waals surface area contributed by atoms with Gasteiger partial charge in [-0.3, -0.25) is 9.59 Å². The Bertz CT molecular complexity index is 562. The third-order valence-electron chi connectivity index (χ3n) is 3.47. The van der Waals surface area contributed by atoms with Crippen molar-refractivity contribution in [3.63, 3.8) is 0 Å². The first-order chi connectivity index (χ1) is 9.77. The van der Waals surface area contributed by atoms with Crippen LogP contribution in [0.25, 0.3) is 0 Å². The van der Waals surface area contributed by atoms with Gasteiger partial charge in [0.15, 0.2) is 0 Å². The fraction of sp³-hybridized carbons (Fsp3) is 0.429. The Morgan fingerprint density at radius 2 is 1.86 bits per heavy atom. The number of halogens is 4. The fourth-order valence-electron chi connectivity index (χ4n) is 2.23. The van der Waals surface area contributed by atoms with E-state index >= 15 is 0 Å². The molecule has 0 heterocycles. The maximum Gasteiger partial charge on any atom is 0.416 e. The standard InChI is InChI=1S/C14H13ClF3NO2/c15-11-6-3-9(14(16,17)18)7-12(11)19-13(21)8-1-4-10(20)5-2-8/h3,6-8H,1-2,4-5H2,(H,19,21). The molecule has 1 aromatic carbocycles. The summed E-state index contributed by atoms with van der Waals surface area (Å²) in [6, 6.07) is 2.77. The van der Waals surface area contributed by atoms with Crippen LogP contribution < -0.4 is 5.32 Å². The summed E-state index contributed by atoms with van der Waals surface area (Å²) in [6.45, 7) is 0. The van der Waals surface area contributed by atoms with E-state index in [1.54, 1.807) is 0 Å². The predicted octanol–water partition coefficient (Wildman–Crippen LogP) is 4.06. The summed E-state index contributed by atoms with van der Waals surface area (Å²) in [7, 11) is 0. The summed E-state index contributed by atoms with van der Waals surface area (Å²) < 4.78 is 37.9. The Hall–Kier alpha value is -1.56. The van der Waals surface area contributed by atoms with E-state index in [0.29, 0.717) is 25.7 Å². The number of rotatable bonds is 2. The molecule has 1 aliphatic carbocycles. The molecule has 1 aliphatic rings. The smallest absolute Gasteiger partial charge is 0.325 e. The van der Waals surface area contributed by atoms with Crippen molar-refractivity contribution in [3.05, 3.63) is 28.8 Å². The second kappa shape index (κ2) is 6.05. The molecule has 1 aromatic rings. The molecule has 21 heavy (non-hydrogen) atoms. The van der Waals surface area contributed by atoms with Crippen molar-refractivity contribution in [3.8, 4) is 0 Å². The van der Waals surface area contributed by atoms with Crippen LogP contribution in [0.3, 0.4) is 0 Å². The number of ketones is 1. The van der Waals surface area contributed by atoms with Crippen LogP contribution in [0.5, 0.6) is 0 Å². The zero-order chi connectivity index (χ0) is 15.6. The molecule has 7 heteroatoms. The van der Waals surface area contributed by atoms with Crippen LogP contribution in [0.1, 0.15) is 31.2 Å². The molecule has 1 fully saturated rings. The van der Waals surface area contributed by atoms with Crippen LogP contribution >= 0.6 is 11.6 Å². The average molecular weight is 320 g/mol. The molecule has 0 bridgehead atoms. The maximum atomic E-state index is 12.6. The number of hydrogen-bond donors (Lipinski definition) is 1. The molecule has 1 saturated carbocycles. The Morgan fingerprint density at radius 3 is 2.43 bits per heavy atom. The average Bonchev–Trinajstić information content (AvgIpc) is 2.40. The van der Waals surface area contributed by atoms with E-state index in [2.05, 4.69) is 5.32 Å². The zero-order valence-corrected chi connectivity index (χ0v) is 11.7. The van der Waals surface area contributed by atoms with Crippen LogP contribution in [-0.2, 0) is 15.8 Å². The number of nitrogens with one attached hydrogen (secondary N) is 1. The molecule has 0 atom stereocenters. The second-order valence-electron chi connectivity index (χ2n) is 4.99. The van der Waals surface area contributed by atoms with Gasteiger partial charge in [-0.15, -0.1) is 0 Å². The van der Waals surface area contributed by atoms with Crippen LogP contribution in [0.2, 0.25) is 5.02 Å². The molecule has 3 nitrogen and oxygen atoms in total. The fourth-order valence-corrected chi connectivity index (χ4v) is 2.40. The summed E-state index contributed by atoms with van der Waals surface area (Å²) in [6.07, 6.45) is -3.01. The first-order valence-corrected chi connectivity index (χ1v) is 6.84. The van der Waals surface area contributed by atoms with Crippen molar-refractivity contribution in [2.75, 3.05) is 5.32 Å². The summed E-state index contributed by atoms with van der Waals surface area (Å²) in [5, 5.41) is 2.47. The minimum absolute atomic E-state index is 0.0447. The van der Waals surface area contributed by atoms with Gasteiger partial charge in [-0.1, -0.05) is 11.6 Å². The van der Waals surface area contributed by atoms with Gasteiger partial charge in [0.25, 0.3) is 0 Å². The molecule has 1 N–H and O–H groups in total. The topological polar surface area (TPSA) is 46.2 Å². The number of anilines is 1. The molecule has 2 rings (SSSR count). The van der Waals surface area contributed by atoms with Crippen molar-refractivity contribution in [1.29, 1.82) is 0 Å². The Labute approximate surface area is 124 Å². The van der Waals surface area contributed by atoms with Gasteiger partial charge in [-0.05, 0) is 31.0 Å². The number of hydrogen-bond acceptors (Lipinski definition) is 2. The van der Waals surface area contributed by atoms with E-state index < -0.39 is 17.6 Å². The number of carbonyl (C=O) groups is 2. The Balaban J connectivity index is 2.11. The lowest BCUT2D eigenvalue weighted by atomic mass is 9.88. The third-order valence-corrected chi connectivity index (χ3v) is 3.80. The molecule has 0 aromatic heterocycles. The van der Waals surface area contributed by atoms with Gasteiger partial charge in [0.05, 0.1) is 16.3 Å². The van der Waals surface area contributed by atoms with Crippen LogP contribution in [0.4, 0.5) is 18.9 Å². The first-order valence-electron chi connectivity index (χ1n) is 6.46. The van der Waals surface area contributed by atoms with Gasteiger partial charge in [0.2, 0.25) is 5.91 Å². The molecular formula is C14H13ClF3NO2. The van der Waals surface area contributed by atoms with Crippen molar-refractivity contribution >= 4 is 29.0 Å². The number of carbonyl (C=O) groups excluding carboxylic acids is 2. The number of amides is 1. The van der Waals surface area contributed by atoms with Crippen molar-refractivity contribution in [1.82, 2.24) is 0 Å². The third kappa shape index (κ3) is 3.97. The van der Waals surface area contributed by atoms with Gasteiger partial charge in [-0.25, -0.2) is 0 Å². The van der Waals surface area contributed by atoms with E-state index in [4.69, 9.17) is 11.6 Å². The largest absolute Gasteiger partial charge is 0.416 e. The number of benzene rings is 1. The normalized spacial score (nSPS) is 16.9. The monoisotopic (exact) mass is 319 g/mol. The quantitative estimate of drug-likeness (QED) is 0.893. The summed E-state index contributed by atoms with van der Waals surface area (Å²) >= 11 is 5.82. The molecule has 0 spiro atoms. The summed E-state index contributed by atoms with van der Waals surface area (Å²) in [4.78, 5) is 23.1. The molecule has 0 unspecified atom stereocenters. The van der Waals surface area contributed by atoms with Crippen molar-refractivity contribution in [2.45, 2.75) is 31.9 Å². The van der Waals surface area contributed by atoms with Crippen LogP contribution in [0.15, 0.2) is 18.2 Å². The van der Waals surface area contributed by atoms with E-state index in [1.165, 1.54) is 0 Å². The number of Topliss-reactive ketones (excluding diaryl/α,β-unsaturated/α-hetero) is 1. The molecule has 0 aliphatic heterocycles. The maximum absolute atomic E-state index is 12.6. The molecule has 0 radical (unpaired) electrons. The molecular weight excluding hydrogens is 307 g/mol. The lowest BCUT2D eigenvalue weighted by Gasteiger charge is -2.20. The summed E-state index contributed by atoms with van der Waals surface area (Å²) in [5.41, 5.74) is -0.936. The van der Waals surface area contributed by atoms with Crippen molar-refractivity contribution < 1.29 is 22.8 Å². The highest BCUT2D eigenvalue weighted by atomic mass is 35.5. The lowest BCUT2D eigenvalue weighted by Crippen LogP contribution is -2.27. The minimum atomic E-state index is -4.50. The molecule has 0 saturated heterocycles. The van der Waals surface area contributed by atoms with Crippen molar-refractivity contribution in [2.24, 2.45) is 5.92 Å². The SMILES string of the molecule is O=C1CCC(C(=O)Nc2cc(C(F)(F)F)ccc2Cl)CC1. The Morgan fingerprint density at radius 1 is 1.24 bits per heavy atom. The minimum Gasteiger partial charge on any atom is -0.325 e. The van der Waals surface area contributed by atoms with E-state index in [9.17, 15) is 22.8 Å². The van der Waals surface area contributed by atoms with Gasteiger partial charge < -0.3 is 5.32 Å². The van der Waals surface area contributed by atoms with E-state index in [0.717, 1.165) is 18.2 Å². The first kappa shape index (κ1) is 15.8. The van der Waals surface area contributed by atoms with Gasteiger partial charge in [0, 0.05) is 18.8 Å². The zero-order valence-electron chi connectivity index (χ0n) is 11.0. The second-order valence-corrected chi connectivity index (χ2v) is 5.40. The summed E-state index contributed by atoms with van der Waals surface area (Å²) in [5.74, 6) is -0.659. The molecule has 114 valence electrons. The van der Waals surface area contributed by atoms with Gasteiger partial charge in [-0.2, -0.15) is 13.2 Å². The predicted molar refractivity (Wildman–Crippen MR) is 72.0 cm³/mol.